The monoisotopic (exact) mass is 353 g/mol. The van der Waals surface area contributed by atoms with Gasteiger partial charge in [0.1, 0.15) is 5.82 Å². The first-order valence-electron chi connectivity index (χ1n) is 7.95. The molecular weight excluding hydrogens is 329 g/mol. The van der Waals surface area contributed by atoms with Crippen molar-refractivity contribution in [2.24, 2.45) is 17.3 Å². The van der Waals surface area contributed by atoms with E-state index in [1.165, 1.54) is 19.3 Å². The standard InChI is InChI=1S/C18H25BrFN/c1-17(2,3)21-11-18(8-12-6-13(12)9-18)10-14-7-15(19)4-5-16(14)20/h4-5,7,12-13,21H,6,8-11H2,1-3H3. The molecule has 0 amide bonds. The summed E-state index contributed by atoms with van der Waals surface area (Å²) >= 11 is 3.47. The maximum atomic E-state index is 14.1. The van der Waals surface area contributed by atoms with E-state index in [-0.39, 0.29) is 16.8 Å². The molecule has 2 unspecified atom stereocenters. The van der Waals surface area contributed by atoms with Crippen molar-refractivity contribution in [1.82, 2.24) is 5.32 Å². The van der Waals surface area contributed by atoms with Crippen molar-refractivity contribution >= 4 is 15.9 Å². The molecule has 2 fully saturated rings. The van der Waals surface area contributed by atoms with Crippen LogP contribution in [0.25, 0.3) is 0 Å². The van der Waals surface area contributed by atoms with Crippen LogP contribution in [0, 0.1) is 23.1 Å². The third kappa shape index (κ3) is 3.68. The number of benzene rings is 1. The zero-order valence-corrected chi connectivity index (χ0v) is 14.8. The summed E-state index contributed by atoms with van der Waals surface area (Å²) in [6, 6.07) is 5.32. The van der Waals surface area contributed by atoms with Gasteiger partial charge in [0.25, 0.3) is 0 Å². The Morgan fingerprint density at radius 2 is 1.95 bits per heavy atom. The molecule has 1 aromatic rings. The molecule has 0 spiro atoms. The lowest BCUT2D eigenvalue weighted by Gasteiger charge is -2.35. The molecule has 1 N–H and O–H groups in total. The van der Waals surface area contributed by atoms with E-state index < -0.39 is 0 Å². The van der Waals surface area contributed by atoms with Gasteiger partial charge in [-0.25, -0.2) is 4.39 Å². The Morgan fingerprint density at radius 1 is 1.29 bits per heavy atom. The third-order valence-electron chi connectivity index (χ3n) is 5.03. The summed E-state index contributed by atoms with van der Waals surface area (Å²) in [5.74, 6) is 1.75. The molecule has 21 heavy (non-hydrogen) atoms. The first-order valence-corrected chi connectivity index (χ1v) is 8.75. The van der Waals surface area contributed by atoms with Gasteiger partial charge in [0.2, 0.25) is 0 Å². The highest BCUT2D eigenvalue weighted by Gasteiger charge is 2.53. The molecule has 1 aromatic carbocycles. The molecule has 3 heteroatoms. The Kier molecular flexibility index (Phi) is 3.94. The number of hydrogen-bond acceptors (Lipinski definition) is 1. The van der Waals surface area contributed by atoms with Crippen LogP contribution in [-0.4, -0.2) is 12.1 Å². The van der Waals surface area contributed by atoms with Gasteiger partial charge >= 0.3 is 0 Å². The average molecular weight is 354 g/mol. The predicted octanol–water partition coefficient (Wildman–Crippen LogP) is 4.94. The smallest absolute Gasteiger partial charge is 0.126 e. The molecule has 0 aromatic heterocycles. The Balaban J connectivity index is 1.78. The lowest BCUT2D eigenvalue weighted by Crippen LogP contribution is -2.44. The van der Waals surface area contributed by atoms with Gasteiger partial charge in [0, 0.05) is 16.6 Å². The minimum absolute atomic E-state index is 0.0612. The number of rotatable bonds is 4. The summed E-state index contributed by atoms with van der Waals surface area (Å²) in [5.41, 5.74) is 1.22. The van der Waals surface area contributed by atoms with E-state index in [2.05, 4.69) is 42.0 Å². The van der Waals surface area contributed by atoms with E-state index in [1.54, 1.807) is 12.1 Å². The van der Waals surface area contributed by atoms with Crippen molar-refractivity contribution in [3.63, 3.8) is 0 Å². The number of halogens is 2. The molecule has 0 radical (unpaired) electrons. The second kappa shape index (κ2) is 5.34. The summed E-state index contributed by atoms with van der Waals surface area (Å²) in [5, 5.41) is 3.67. The zero-order valence-electron chi connectivity index (χ0n) is 13.2. The highest BCUT2D eigenvalue weighted by Crippen LogP contribution is 2.60. The van der Waals surface area contributed by atoms with Crippen LogP contribution in [0.2, 0.25) is 0 Å². The quantitative estimate of drug-likeness (QED) is 0.808. The van der Waals surface area contributed by atoms with E-state index in [0.717, 1.165) is 34.8 Å². The van der Waals surface area contributed by atoms with Crippen molar-refractivity contribution < 1.29 is 4.39 Å². The fourth-order valence-corrected chi connectivity index (χ4v) is 4.30. The Bertz CT molecular complexity index is 525. The Hall–Kier alpha value is -0.410. The lowest BCUT2D eigenvalue weighted by molar-refractivity contribution is 0.220. The summed E-state index contributed by atoms with van der Waals surface area (Å²) in [7, 11) is 0. The van der Waals surface area contributed by atoms with Gasteiger partial charge in [-0.05, 0) is 87.5 Å². The largest absolute Gasteiger partial charge is 0.312 e. The second-order valence-corrected chi connectivity index (χ2v) is 9.10. The van der Waals surface area contributed by atoms with Crippen LogP contribution < -0.4 is 5.32 Å². The van der Waals surface area contributed by atoms with Crippen molar-refractivity contribution in [2.45, 2.75) is 52.0 Å². The van der Waals surface area contributed by atoms with Gasteiger partial charge in [0.15, 0.2) is 0 Å². The molecule has 2 aliphatic carbocycles. The fourth-order valence-electron chi connectivity index (χ4n) is 3.89. The van der Waals surface area contributed by atoms with Crippen LogP contribution in [0.3, 0.4) is 0 Å². The molecule has 2 atom stereocenters. The predicted molar refractivity (Wildman–Crippen MR) is 88.8 cm³/mol. The van der Waals surface area contributed by atoms with E-state index in [0.29, 0.717) is 0 Å². The van der Waals surface area contributed by atoms with Crippen molar-refractivity contribution in [3.05, 3.63) is 34.1 Å². The van der Waals surface area contributed by atoms with E-state index in [9.17, 15) is 4.39 Å². The van der Waals surface area contributed by atoms with Crippen LogP contribution >= 0.6 is 15.9 Å². The van der Waals surface area contributed by atoms with Crippen molar-refractivity contribution in [2.75, 3.05) is 6.54 Å². The summed E-state index contributed by atoms with van der Waals surface area (Å²) in [6.45, 7) is 7.61. The van der Waals surface area contributed by atoms with E-state index in [1.807, 2.05) is 6.07 Å². The number of nitrogens with one attached hydrogen (secondary N) is 1. The molecular formula is C18H25BrFN. The van der Waals surface area contributed by atoms with Gasteiger partial charge in [-0.2, -0.15) is 0 Å². The highest BCUT2D eigenvalue weighted by molar-refractivity contribution is 9.10. The SMILES string of the molecule is CC(C)(C)NCC1(Cc2cc(Br)ccc2F)CC2CC2C1. The van der Waals surface area contributed by atoms with E-state index in [4.69, 9.17) is 0 Å². The Morgan fingerprint density at radius 3 is 2.57 bits per heavy atom. The molecule has 0 heterocycles. The maximum absolute atomic E-state index is 14.1. The first-order chi connectivity index (χ1) is 9.76. The van der Waals surface area contributed by atoms with Crippen molar-refractivity contribution in [1.29, 1.82) is 0 Å². The molecule has 0 bridgehead atoms. The number of hydrogen-bond donors (Lipinski definition) is 1. The van der Waals surface area contributed by atoms with Crippen LogP contribution in [0.5, 0.6) is 0 Å². The molecule has 3 rings (SSSR count). The molecule has 0 aliphatic heterocycles. The van der Waals surface area contributed by atoms with Crippen LogP contribution in [-0.2, 0) is 6.42 Å². The summed E-state index contributed by atoms with van der Waals surface area (Å²) in [6.07, 6.45) is 4.77. The van der Waals surface area contributed by atoms with E-state index >= 15 is 0 Å². The normalized spacial score (nSPS) is 31.3. The topological polar surface area (TPSA) is 12.0 Å². The molecule has 2 saturated carbocycles. The van der Waals surface area contributed by atoms with Crippen LogP contribution in [0.4, 0.5) is 4.39 Å². The van der Waals surface area contributed by atoms with Crippen LogP contribution in [0.1, 0.15) is 45.6 Å². The van der Waals surface area contributed by atoms with Gasteiger partial charge in [0.05, 0.1) is 0 Å². The maximum Gasteiger partial charge on any atom is 0.126 e. The zero-order chi connectivity index (χ0) is 15.3. The highest BCUT2D eigenvalue weighted by atomic mass is 79.9. The van der Waals surface area contributed by atoms with Gasteiger partial charge in [-0.3, -0.25) is 0 Å². The van der Waals surface area contributed by atoms with Crippen LogP contribution in [0.15, 0.2) is 22.7 Å². The van der Waals surface area contributed by atoms with Gasteiger partial charge < -0.3 is 5.32 Å². The lowest BCUT2D eigenvalue weighted by atomic mass is 9.76. The van der Waals surface area contributed by atoms with Gasteiger partial charge in [-0.15, -0.1) is 0 Å². The minimum Gasteiger partial charge on any atom is -0.312 e. The van der Waals surface area contributed by atoms with Gasteiger partial charge in [-0.1, -0.05) is 15.9 Å². The molecule has 0 saturated heterocycles. The third-order valence-corrected chi connectivity index (χ3v) is 5.52. The molecule has 2 aliphatic rings. The summed E-state index contributed by atoms with van der Waals surface area (Å²) in [4.78, 5) is 0. The second-order valence-electron chi connectivity index (χ2n) is 8.18. The molecule has 116 valence electrons. The number of fused-ring (bicyclic) bond motifs is 1. The Labute approximate surface area is 135 Å². The fraction of sp³-hybridized carbons (Fsp3) is 0.667. The minimum atomic E-state index is -0.0612. The first kappa shape index (κ1) is 15.5. The summed E-state index contributed by atoms with van der Waals surface area (Å²) < 4.78 is 15.1. The average Bonchev–Trinajstić information content (AvgIpc) is 2.99. The van der Waals surface area contributed by atoms with Crippen molar-refractivity contribution in [3.8, 4) is 0 Å². The molecule has 1 nitrogen and oxygen atoms in total.